The maximum absolute atomic E-state index is 12.7. The number of nitrogens with zero attached hydrogens (tertiary/aromatic N) is 4. The van der Waals surface area contributed by atoms with Crippen LogP contribution in [-0.4, -0.2) is 45.5 Å². The highest BCUT2D eigenvalue weighted by atomic mass is 19.4. The number of aromatic nitrogens is 3. The SMILES string of the molecule is Cc1cccc(CCN2CCC(Nc3nccc(C(F)(F)F)n3)C2)n1. The van der Waals surface area contributed by atoms with Crippen molar-refractivity contribution in [2.75, 3.05) is 25.0 Å². The van der Waals surface area contributed by atoms with Crippen molar-refractivity contribution in [2.24, 2.45) is 0 Å². The van der Waals surface area contributed by atoms with Gasteiger partial charge in [-0.15, -0.1) is 0 Å². The molecule has 8 heteroatoms. The molecule has 134 valence electrons. The Labute approximate surface area is 144 Å². The third kappa shape index (κ3) is 4.88. The molecule has 0 aliphatic carbocycles. The lowest BCUT2D eigenvalue weighted by Crippen LogP contribution is -2.28. The molecule has 3 rings (SSSR count). The van der Waals surface area contributed by atoms with E-state index in [0.29, 0.717) is 0 Å². The van der Waals surface area contributed by atoms with Gasteiger partial charge in [0.1, 0.15) is 5.69 Å². The van der Waals surface area contributed by atoms with Crippen LogP contribution in [0.15, 0.2) is 30.5 Å². The van der Waals surface area contributed by atoms with E-state index in [1.54, 1.807) is 0 Å². The maximum Gasteiger partial charge on any atom is 0.433 e. The lowest BCUT2D eigenvalue weighted by atomic mass is 10.2. The first-order chi connectivity index (χ1) is 11.9. The van der Waals surface area contributed by atoms with E-state index in [2.05, 4.69) is 25.2 Å². The number of hydrogen-bond acceptors (Lipinski definition) is 5. The molecule has 2 aromatic heterocycles. The van der Waals surface area contributed by atoms with Crippen molar-refractivity contribution in [3.8, 4) is 0 Å². The summed E-state index contributed by atoms with van der Waals surface area (Å²) in [5.74, 6) is 0.0297. The second kappa shape index (κ2) is 7.35. The van der Waals surface area contributed by atoms with Gasteiger partial charge < -0.3 is 10.2 Å². The van der Waals surface area contributed by atoms with E-state index in [1.807, 2.05) is 25.1 Å². The third-order valence-corrected chi connectivity index (χ3v) is 4.18. The molecule has 2 aromatic rings. The van der Waals surface area contributed by atoms with E-state index in [1.165, 1.54) is 0 Å². The summed E-state index contributed by atoms with van der Waals surface area (Å²) in [6.45, 7) is 4.49. The van der Waals surface area contributed by atoms with Crippen LogP contribution in [0.2, 0.25) is 0 Å². The van der Waals surface area contributed by atoms with Gasteiger partial charge in [0, 0.05) is 49.7 Å². The van der Waals surface area contributed by atoms with Crippen molar-refractivity contribution in [1.29, 1.82) is 0 Å². The Morgan fingerprint density at radius 3 is 2.84 bits per heavy atom. The predicted molar refractivity (Wildman–Crippen MR) is 88.2 cm³/mol. The van der Waals surface area contributed by atoms with Crippen LogP contribution in [0.3, 0.4) is 0 Å². The molecule has 1 aliphatic heterocycles. The molecule has 0 aromatic carbocycles. The quantitative estimate of drug-likeness (QED) is 0.898. The fourth-order valence-corrected chi connectivity index (χ4v) is 2.93. The van der Waals surface area contributed by atoms with Crippen LogP contribution in [0.1, 0.15) is 23.5 Å². The van der Waals surface area contributed by atoms with Gasteiger partial charge in [0.05, 0.1) is 0 Å². The lowest BCUT2D eigenvalue weighted by molar-refractivity contribution is -0.141. The summed E-state index contributed by atoms with van der Waals surface area (Å²) in [6, 6.07) is 6.90. The molecule has 0 amide bonds. The van der Waals surface area contributed by atoms with Crippen LogP contribution in [0, 0.1) is 6.92 Å². The maximum atomic E-state index is 12.7. The average Bonchev–Trinajstić information content (AvgIpc) is 3.00. The van der Waals surface area contributed by atoms with Crippen molar-refractivity contribution in [2.45, 2.75) is 32.0 Å². The normalized spacial score (nSPS) is 18.5. The second-order valence-electron chi connectivity index (χ2n) is 6.21. The van der Waals surface area contributed by atoms with E-state index in [-0.39, 0.29) is 12.0 Å². The van der Waals surface area contributed by atoms with E-state index in [4.69, 9.17) is 0 Å². The Hall–Kier alpha value is -2.22. The van der Waals surface area contributed by atoms with Crippen molar-refractivity contribution in [3.63, 3.8) is 0 Å². The van der Waals surface area contributed by atoms with E-state index in [0.717, 1.165) is 56.1 Å². The van der Waals surface area contributed by atoms with E-state index >= 15 is 0 Å². The standard InChI is InChI=1S/C17H20F3N5/c1-12-3-2-4-13(22-12)6-9-25-10-7-14(11-25)23-16-21-8-5-15(24-16)17(18,19)20/h2-5,8,14H,6-7,9-11H2,1H3,(H,21,23,24). The molecule has 0 radical (unpaired) electrons. The zero-order chi connectivity index (χ0) is 17.9. The molecule has 1 aliphatic rings. The van der Waals surface area contributed by atoms with Gasteiger partial charge in [0.2, 0.25) is 5.95 Å². The number of aryl methyl sites for hydroxylation is 1. The van der Waals surface area contributed by atoms with Crippen LogP contribution >= 0.6 is 0 Å². The number of halogens is 3. The van der Waals surface area contributed by atoms with Crippen molar-refractivity contribution in [1.82, 2.24) is 19.9 Å². The molecule has 1 fully saturated rings. The number of pyridine rings is 1. The van der Waals surface area contributed by atoms with Gasteiger partial charge in [-0.1, -0.05) is 6.07 Å². The van der Waals surface area contributed by atoms with Gasteiger partial charge in [-0.25, -0.2) is 9.97 Å². The summed E-state index contributed by atoms with van der Waals surface area (Å²) in [6.07, 6.45) is -1.62. The molecule has 0 bridgehead atoms. The molecule has 1 N–H and O–H groups in total. The Morgan fingerprint density at radius 2 is 2.08 bits per heavy atom. The first kappa shape index (κ1) is 17.6. The summed E-state index contributed by atoms with van der Waals surface area (Å²) in [5.41, 5.74) is 1.13. The average molecular weight is 351 g/mol. The predicted octanol–water partition coefficient (Wildman–Crippen LogP) is 2.93. The van der Waals surface area contributed by atoms with Crippen molar-refractivity contribution < 1.29 is 13.2 Å². The minimum atomic E-state index is -4.46. The summed E-state index contributed by atoms with van der Waals surface area (Å²) in [7, 11) is 0. The smallest absolute Gasteiger partial charge is 0.350 e. The number of likely N-dealkylation sites (tertiary alicyclic amines) is 1. The van der Waals surface area contributed by atoms with Crippen LogP contribution in [-0.2, 0) is 12.6 Å². The van der Waals surface area contributed by atoms with Gasteiger partial charge in [-0.2, -0.15) is 13.2 Å². The highest BCUT2D eigenvalue weighted by molar-refractivity contribution is 5.28. The molecular formula is C17H20F3N5. The van der Waals surface area contributed by atoms with Crippen molar-refractivity contribution in [3.05, 3.63) is 47.5 Å². The Bertz CT molecular complexity index is 719. The zero-order valence-corrected chi connectivity index (χ0v) is 13.9. The molecule has 0 saturated carbocycles. The molecular weight excluding hydrogens is 331 g/mol. The molecule has 3 heterocycles. The van der Waals surface area contributed by atoms with Crippen LogP contribution < -0.4 is 5.32 Å². The van der Waals surface area contributed by atoms with E-state index < -0.39 is 11.9 Å². The summed E-state index contributed by atoms with van der Waals surface area (Å²) >= 11 is 0. The van der Waals surface area contributed by atoms with E-state index in [9.17, 15) is 13.2 Å². The fourth-order valence-electron chi connectivity index (χ4n) is 2.93. The molecule has 5 nitrogen and oxygen atoms in total. The number of hydrogen-bond donors (Lipinski definition) is 1. The first-order valence-electron chi connectivity index (χ1n) is 8.22. The summed E-state index contributed by atoms with van der Waals surface area (Å²) in [5, 5.41) is 3.01. The Morgan fingerprint density at radius 1 is 1.24 bits per heavy atom. The molecule has 1 saturated heterocycles. The topological polar surface area (TPSA) is 53.9 Å². The van der Waals surface area contributed by atoms with Crippen molar-refractivity contribution >= 4 is 5.95 Å². The van der Waals surface area contributed by atoms with Gasteiger partial charge in [-0.05, 0) is 31.5 Å². The minimum Gasteiger partial charge on any atom is -0.350 e. The fraction of sp³-hybridized carbons (Fsp3) is 0.471. The minimum absolute atomic E-state index is 0.0297. The Kier molecular flexibility index (Phi) is 5.17. The number of anilines is 1. The van der Waals surface area contributed by atoms with Gasteiger partial charge in [0.25, 0.3) is 0 Å². The van der Waals surface area contributed by atoms with Gasteiger partial charge in [-0.3, -0.25) is 4.98 Å². The molecule has 1 unspecified atom stereocenters. The van der Waals surface area contributed by atoms with Crippen LogP contribution in [0.25, 0.3) is 0 Å². The van der Waals surface area contributed by atoms with Gasteiger partial charge in [0.15, 0.2) is 0 Å². The molecule has 25 heavy (non-hydrogen) atoms. The lowest BCUT2D eigenvalue weighted by Gasteiger charge is -2.17. The highest BCUT2D eigenvalue weighted by Gasteiger charge is 2.33. The Balaban J connectivity index is 1.51. The monoisotopic (exact) mass is 351 g/mol. The summed E-state index contributed by atoms with van der Waals surface area (Å²) in [4.78, 5) is 14.2. The van der Waals surface area contributed by atoms with Crippen LogP contribution in [0.4, 0.5) is 19.1 Å². The number of nitrogens with one attached hydrogen (secondary N) is 1. The largest absolute Gasteiger partial charge is 0.433 e. The molecule has 1 atom stereocenters. The molecule has 0 spiro atoms. The number of rotatable bonds is 5. The highest BCUT2D eigenvalue weighted by Crippen LogP contribution is 2.27. The number of alkyl halides is 3. The third-order valence-electron chi connectivity index (χ3n) is 4.18. The first-order valence-corrected chi connectivity index (χ1v) is 8.22. The summed E-state index contributed by atoms with van der Waals surface area (Å²) < 4.78 is 38.1. The second-order valence-corrected chi connectivity index (χ2v) is 6.21. The van der Waals surface area contributed by atoms with Gasteiger partial charge >= 0.3 is 6.18 Å². The zero-order valence-electron chi connectivity index (χ0n) is 13.9. The van der Waals surface area contributed by atoms with Crippen LogP contribution in [0.5, 0.6) is 0 Å².